The third-order valence-electron chi connectivity index (χ3n) is 2.21. The van der Waals surface area contributed by atoms with Crippen LogP contribution < -0.4 is 0 Å². The largest absolute Gasteiger partial charge is 0.492 e. The lowest BCUT2D eigenvalue weighted by atomic mass is 10.1. The van der Waals surface area contributed by atoms with Crippen molar-refractivity contribution in [2.45, 2.75) is 26.3 Å². The first-order valence-electron chi connectivity index (χ1n) is 4.85. The predicted octanol–water partition coefficient (Wildman–Crippen LogP) is 2.76. The zero-order valence-corrected chi connectivity index (χ0v) is 11.9. The van der Waals surface area contributed by atoms with E-state index in [1.807, 2.05) is 0 Å². The minimum Gasteiger partial charge on any atom is -0.390 e. The van der Waals surface area contributed by atoms with Crippen molar-refractivity contribution in [2.75, 3.05) is 5.33 Å². The zero-order chi connectivity index (χ0) is 12.1. The van der Waals surface area contributed by atoms with Gasteiger partial charge in [0, 0.05) is 26.4 Å². The zero-order valence-electron chi connectivity index (χ0n) is 8.77. The molecule has 0 saturated carbocycles. The van der Waals surface area contributed by atoms with Gasteiger partial charge in [0.25, 0.3) is 4.73 Å². The van der Waals surface area contributed by atoms with Crippen LogP contribution in [0.1, 0.15) is 19.8 Å². The van der Waals surface area contributed by atoms with Gasteiger partial charge in [0.05, 0.1) is 6.54 Å². The van der Waals surface area contributed by atoms with Gasteiger partial charge >= 0.3 is 5.95 Å². The highest BCUT2D eigenvalue weighted by atomic mass is 79.9. The molecule has 0 N–H and O–H groups in total. The first kappa shape index (κ1) is 13.6. The van der Waals surface area contributed by atoms with Crippen LogP contribution in [0.4, 0.5) is 5.95 Å². The summed E-state index contributed by atoms with van der Waals surface area (Å²) >= 11 is 6.53. The van der Waals surface area contributed by atoms with Gasteiger partial charge in [-0.15, -0.1) is 0 Å². The molecule has 1 aromatic heterocycles. The molecule has 6 nitrogen and oxygen atoms in total. The van der Waals surface area contributed by atoms with Gasteiger partial charge in [-0.3, -0.25) is 0 Å². The van der Waals surface area contributed by atoms with Crippen LogP contribution in [0.3, 0.4) is 0 Å². The van der Waals surface area contributed by atoms with Gasteiger partial charge in [0.1, 0.15) is 0 Å². The SMILES string of the molecule is CC(CCBr)CCn1nc([N+](=O)[O-])nc1Br. The first-order valence-corrected chi connectivity index (χ1v) is 6.76. The van der Waals surface area contributed by atoms with E-state index in [0.29, 0.717) is 17.2 Å². The summed E-state index contributed by atoms with van der Waals surface area (Å²) in [7, 11) is 0. The third kappa shape index (κ3) is 3.82. The Bertz CT molecular complexity index is 369. The van der Waals surface area contributed by atoms with Gasteiger partial charge in [-0.25, -0.2) is 0 Å². The minimum absolute atomic E-state index is 0.361. The molecule has 0 aromatic carbocycles. The number of alkyl halides is 1. The maximum absolute atomic E-state index is 10.4. The summed E-state index contributed by atoms with van der Waals surface area (Å²) in [6.45, 7) is 2.77. The maximum atomic E-state index is 10.4. The molecule has 1 unspecified atom stereocenters. The molecule has 0 radical (unpaired) electrons. The van der Waals surface area contributed by atoms with Gasteiger partial charge in [-0.2, -0.15) is 4.68 Å². The minimum atomic E-state index is -0.594. The fraction of sp³-hybridized carbons (Fsp3) is 0.750. The summed E-state index contributed by atoms with van der Waals surface area (Å²) in [5.41, 5.74) is 0. The molecule has 0 aliphatic rings. The fourth-order valence-electron chi connectivity index (χ4n) is 1.20. The van der Waals surface area contributed by atoms with Gasteiger partial charge in [0.2, 0.25) is 0 Å². The second-order valence-corrected chi connectivity index (χ2v) is 5.03. The van der Waals surface area contributed by atoms with E-state index < -0.39 is 4.92 Å². The predicted molar refractivity (Wildman–Crippen MR) is 66.6 cm³/mol. The van der Waals surface area contributed by atoms with Crippen LogP contribution in [0.25, 0.3) is 0 Å². The summed E-state index contributed by atoms with van der Waals surface area (Å²) in [5.74, 6) is 0.189. The lowest BCUT2D eigenvalue weighted by Gasteiger charge is -2.07. The molecular formula is C8H12Br2N4O2. The Morgan fingerprint density at radius 3 is 2.75 bits per heavy atom. The van der Waals surface area contributed by atoms with Gasteiger partial charge in [0.15, 0.2) is 0 Å². The highest BCUT2D eigenvalue weighted by Crippen LogP contribution is 2.15. The van der Waals surface area contributed by atoms with Gasteiger partial charge in [-0.05, 0) is 28.7 Å². The smallest absolute Gasteiger partial charge is 0.390 e. The van der Waals surface area contributed by atoms with E-state index >= 15 is 0 Å². The molecule has 0 amide bonds. The number of hydrogen-bond acceptors (Lipinski definition) is 4. The lowest BCUT2D eigenvalue weighted by Crippen LogP contribution is -2.06. The lowest BCUT2D eigenvalue weighted by molar-refractivity contribution is -0.394. The summed E-state index contributed by atoms with van der Waals surface area (Å²) in [6.07, 6.45) is 2.00. The second kappa shape index (κ2) is 6.29. The molecule has 1 rings (SSSR count). The van der Waals surface area contributed by atoms with Crippen LogP contribution in [0.5, 0.6) is 0 Å². The van der Waals surface area contributed by atoms with Crippen LogP contribution in [0.2, 0.25) is 0 Å². The van der Waals surface area contributed by atoms with Crippen LogP contribution in [-0.4, -0.2) is 25.0 Å². The molecule has 0 aliphatic heterocycles. The summed E-state index contributed by atoms with van der Waals surface area (Å²) < 4.78 is 1.92. The normalized spacial score (nSPS) is 12.7. The number of aromatic nitrogens is 3. The number of halogens is 2. The number of rotatable bonds is 6. The van der Waals surface area contributed by atoms with Crippen LogP contribution in [0, 0.1) is 16.0 Å². The molecule has 1 aromatic rings. The van der Waals surface area contributed by atoms with Gasteiger partial charge < -0.3 is 10.1 Å². The molecule has 90 valence electrons. The standard InChI is InChI=1S/C8H12Br2N4O2/c1-6(2-4-9)3-5-13-7(10)11-8(12-13)14(15)16/h6H,2-5H2,1H3. The molecule has 1 atom stereocenters. The van der Waals surface area contributed by atoms with Crippen molar-refractivity contribution >= 4 is 37.8 Å². The van der Waals surface area contributed by atoms with Crippen molar-refractivity contribution in [3.8, 4) is 0 Å². The average molecular weight is 356 g/mol. The Labute approximate surface area is 110 Å². The number of nitro groups is 1. The van der Waals surface area contributed by atoms with Crippen molar-refractivity contribution in [3.63, 3.8) is 0 Å². The number of nitrogens with zero attached hydrogens (tertiary/aromatic N) is 4. The summed E-state index contributed by atoms with van der Waals surface area (Å²) in [4.78, 5) is 13.5. The van der Waals surface area contributed by atoms with E-state index in [4.69, 9.17) is 0 Å². The monoisotopic (exact) mass is 354 g/mol. The molecule has 0 aliphatic carbocycles. The topological polar surface area (TPSA) is 73.8 Å². The highest BCUT2D eigenvalue weighted by Gasteiger charge is 2.19. The van der Waals surface area contributed by atoms with Crippen molar-refractivity contribution in [3.05, 3.63) is 14.8 Å². The number of hydrogen-bond donors (Lipinski definition) is 0. The summed E-state index contributed by atoms with van der Waals surface area (Å²) in [5, 5.41) is 15.2. The van der Waals surface area contributed by atoms with Crippen LogP contribution in [0.15, 0.2) is 4.73 Å². The van der Waals surface area contributed by atoms with E-state index in [1.54, 1.807) is 0 Å². The van der Waals surface area contributed by atoms with E-state index in [1.165, 1.54) is 4.68 Å². The van der Waals surface area contributed by atoms with E-state index in [-0.39, 0.29) is 5.95 Å². The molecule has 8 heteroatoms. The molecule has 0 bridgehead atoms. The van der Waals surface area contributed by atoms with Crippen LogP contribution >= 0.6 is 31.9 Å². The maximum Gasteiger partial charge on any atom is 0.492 e. The average Bonchev–Trinajstić information content (AvgIpc) is 2.58. The van der Waals surface area contributed by atoms with Crippen molar-refractivity contribution in [1.29, 1.82) is 0 Å². The third-order valence-corrected chi connectivity index (χ3v) is 3.26. The summed E-state index contributed by atoms with van der Waals surface area (Å²) in [6, 6.07) is 0. The molecule has 0 saturated heterocycles. The molecule has 1 heterocycles. The molecule has 0 spiro atoms. The van der Waals surface area contributed by atoms with E-state index in [9.17, 15) is 10.1 Å². The molecule has 16 heavy (non-hydrogen) atoms. The van der Waals surface area contributed by atoms with Gasteiger partial charge in [-0.1, -0.05) is 22.9 Å². The van der Waals surface area contributed by atoms with Crippen LogP contribution in [-0.2, 0) is 6.54 Å². The quantitative estimate of drug-likeness (QED) is 0.446. The Balaban J connectivity index is 2.57. The van der Waals surface area contributed by atoms with E-state index in [0.717, 1.165) is 18.2 Å². The Hall–Kier alpha value is -0.500. The van der Waals surface area contributed by atoms with E-state index in [2.05, 4.69) is 48.9 Å². The van der Waals surface area contributed by atoms with Crippen molar-refractivity contribution < 1.29 is 4.92 Å². The fourth-order valence-corrected chi connectivity index (χ4v) is 2.40. The highest BCUT2D eigenvalue weighted by molar-refractivity contribution is 9.10. The second-order valence-electron chi connectivity index (χ2n) is 3.53. The Kier molecular flexibility index (Phi) is 5.33. The Morgan fingerprint density at radius 1 is 1.56 bits per heavy atom. The molecule has 0 fully saturated rings. The Morgan fingerprint density at radius 2 is 2.25 bits per heavy atom. The van der Waals surface area contributed by atoms with Crippen molar-refractivity contribution in [1.82, 2.24) is 14.8 Å². The first-order chi connectivity index (χ1) is 7.54. The number of aryl methyl sites for hydroxylation is 1. The molecular weight excluding hydrogens is 344 g/mol. The van der Waals surface area contributed by atoms with Crippen molar-refractivity contribution in [2.24, 2.45) is 5.92 Å².